The lowest BCUT2D eigenvalue weighted by Gasteiger charge is -2.09. The fourth-order valence-corrected chi connectivity index (χ4v) is 2.11. The van der Waals surface area contributed by atoms with Gasteiger partial charge < -0.3 is 5.73 Å². The van der Waals surface area contributed by atoms with E-state index in [1.807, 2.05) is 12.1 Å². The van der Waals surface area contributed by atoms with Gasteiger partial charge in [-0.15, -0.1) is 24.1 Å². The molecule has 0 amide bonds. The number of rotatable bonds is 4. The molecule has 1 rings (SSSR count). The van der Waals surface area contributed by atoms with Crippen LogP contribution in [0.4, 0.5) is 0 Å². The predicted molar refractivity (Wildman–Crippen MR) is 63.3 cm³/mol. The second kappa shape index (κ2) is 5.74. The summed E-state index contributed by atoms with van der Waals surface area (Å²) in [5.41, 5.74) is 7.12. The zero-order valence-corrected chi connectivity index (χ0v) is 9.18. The summed E-state index contributed by atoms with van der Waals surface area (Å²) in [6.45, 7) is 2.11. The van der Waals surface area contributed by atoms with Crippen LogP contribution in [0.1, 0.15) is 12.0 Å². The van der Waals surface area contributed by atoms with E-state index < -0.39 is 0 Å². The molecule has 0 fully saturated rings. The van der Waals surface area contributed by atoms with E-state index in [9.17, 15) is 0 Å². The maximum Gasteiger partial charge on any atom is 0.0246 e. The Kier molecular flexibility index (Phi) is 4.58. The smallest absolute Gasteiger partial charge is 0.0246 e. The quantitative estimate of drug-likeness (QED) is 0.603. The van der Waals surface area contributed by atoms with E-state index in [-0.39, 0.29) is 6.04 Å². The predicted octanol–water partition coefficient (Wildman–Crippen LogP) is 2.44. The Morgan fingerprint density at radius 1 is 1.50 bits per heavy atom. The first-order valence-corrected chi connectivity index (χ1v) is 5.60. The van der Waals surface area contributed by atoms with Gasteiger partial charge in [-0.3, -0.25) is 0 Å². The highest BCUT2D eigenvalue weighted by Gasteiger charge is 2.03. The van der Waals surface area contributed by atoms with Crippen LogP contribution in [-0.4, -0.2) is 11.8 Å². The van der Waals surface area contributed by atoms with Crippen LogP contribution in [0, 0.1) is 19.3 Å². The van der Waals surface area contributed by atoms with E-state index in [2.05, 4.69) is 25.0 Å². The van der Waals surface area contributed by atoms with Gasteiger partial charge in [0.25, 0.3) is 0 Å². The first-order chi connectivity index (χ1) is 6.74. The van der Waals surface area contributed by atoms with Crippen LogP contribution in [0.2, 0.25) is 0 Å². The molecule has 1 aromatic rings. The molecule has 0 bridgehead atoms. The van der Waals surface area contributed by atoms with Crippen molar-refractivity contribution in [1.82, 2.24) is 0 Å². The van der Waals surface area contributed by atoms with Crippen molar-refractivity contribution in [2.75, 3.05) is 5.75 Å². The summed E-state index contributed by atoms with van der Waals surface area (Å²) in [6, 6.07) is 8.41. The average Bonchev–Trinajstić information content (AvgIpc) is 2.17. The molecule has 14 heavy (non-hydrogen) atoms. The topological polar surface area (TPSA) is 26.0 Å². The minimum absolute atomic E-state index is 0.101. The van der Waals surface area contributed by atoms with Crippen LogP contribution in [0.5, 0.6) is 0 Å². The Morgan fingerprint density at radius 3 is 2.86 bits per heavy atom. The summed E-state index contributed by atoms with van der Waals surface area (Å²) < 4.78 is 0. The molecular weight excluding hydrogens is 190 g/mol. The highest BCUT2D eigenvalue weighted by atomic mass is 32.2. The SMILES string of the molecule is C#CCC(N)CSc1ccccc1C. The highest BCUT2D eigenvalue weighted by molar-refractivity contribution is 7.99. The minimum Gasteiger partial charge on any atom is -0.326 e. The van der Waals surface area contributed by atoms with Gasteiger partial charge in [-0.1, -0.05) is 18.2 Å². The maximum absolute atomic E-state index is 5.82. The number of hydrogen-bond donors (Lipinski definition) is 1. The van der Waals surface area contributed by atoms with Crippen molar-refractivity contribution < 1.29 is 0 Å². The van der Waals surface area contributed by atoms with E-state index in [1.165, 1.54) is 10.5 Å². The normalized spacial score (nSPS) is 12.1. The Hall–Kier alpha value is -0.910. The van der Waals surface area contributed by atoms with Crippen LogP contribution >= 0.6 is 11.8 Å². The van der Waals surface area contributed by atoms with Crippen molar-refractivity contribution in [3.05, 3.63) is 29.8 Å². The van der Waals surface area contributed by atoms with Gasteiger partial charge in [0.2, 0.25) is 0 Å². The summed E-state index contributed by atoms with van der Waals surface area (Å²) in [5, 5.41) is 0. The van der Waals surface area contributed by atoms with Gasteiger partial charge in [0.15, 0.2) is 0 Å². The monoisotopic (exact) mass is 205 g/mol. The molecule has 74 valence electrons. The molecule has 0 aliphatic rings. The standard InChI is InChI=1S/C12H15NS/c1-3-6-11(13)9-14-12-8-5-4-7-10(12)2/h1,4-5,7-8,11H,6,9,13H2,2H3. The number of terminal acetylenes is 1. The molecule has 0 aromatic heterocycles. The fourth-order valence-electron chi connectivity index (χ4n) is 1.13. The Morgan fingerprint density at radius 2 is 2.21 bits per heavy atom. The summed E-state index contributed by atoms with van der Waals surface area (Å²) in [7, 11) is 0. The third-order valence-electron chi connectivity index (χ3n) is 1.93. The Labute approximate surface area is 90.1 Å². The summed E-state index contributed by atoms with van der Waals surface area (Å²) in [6.07, 6.45) is 5.84. The van der Waals surface area contributed by atoms with Gasteiger partial charge in [0.05, 0.1) is 0 Å². The van der Waals surface area contributed by atoms with Crippen molar-refractivity contribution in [2.24, 2.45) is 5.73 Å². The van der Waals surface area contributed by atoms with E-state index in [4.69, 9.17) is 12.2 Å². The molecule has 0 heterocycles. The summed E-state index contributed by atoms with van der Waals surface area (Å²) in [5.74, 6) is 3.46. The van der Waals surface area contributed by atoms with Gasteiger partial charge in [-0.25, -0.2) is 0 Å². The zero-order valence-electron chi connectivity index (χ0n) is 8.36. The van der Waals surface area contributed by atoms with Crippen molar-refractivity contribution in [3.63, 3.8) is 0 Å². The van der Waals surface area contributed by atoms with Crippen LogP contribution in [0.3, 0.4) is 0 Å². The molecule has 0 radical (unpaired) electrons. The molecule has 2 heteroatoms. The van der Waals surface area contributed by atoms with Crippen molar-refractivity contribution in [2.45, 2.75) is 24.3 Å². The molecule has 1 unspecified atom stereocenters. The van der Waals surface area contributed by atoms with Gasteiger partial charge in [-0.2, -0.15) is 0 Å². The molecule has 2 N–H and O–H groups in total. The molecule has 0 saturated heterocycles. The van der Waals surface area contributed by atoms with E-state index in [1.54, 1.807) is 11.8 Å². The third-order valence-corrected chi connectivity index (χ3v) is 3.29. The lowest BCUT2D eigenvalue weighted by Crippen LogP contribution is -2.21. The molecule has 0 aliphatic heterocycles. The zero-order chi connectivity index (χ0) is 10.4. The van der Waals surface area contributed by atoms with Crippen LogP contribution in [0.15, 0.2) is 29.2 Å². The summed E-state index contributed by atoms with van der Waals surface area (Å²) >= 11 is 1.77. The van der Waals surface area contributed by atoms with Gasteiger partial charge in [0.1, 0.15) is 0 Å². The molecule has 1 atom stereocenters. The number of aryl methyl sites for hydroxylation is 1. The molecule has 0 saturated carbocycles. The first-order valence-electron chi connectivity index (χ1n) is 4.61. The van der Waals surface area contributed by atoms with Crippen LogP contribution < -0.4 is 5.73 Å². The lowest BCUT2D eigenvalue weighted by molar-refractivity contribution is 0.782. The molecule has 1 aromatic carbocycles. The average molecular weight is 205 g/mol. The Balaban J connectivity index is 2.46. The molecule has 1 nitrogen and oxygen atoms in total. The number of thioether (sulfide) groups is 1. The van der Waals surface area contributed by atoms with Crippen molar-refractivity contribution in [1.29, 1.82) is 0 Å². The van der Waals surface area contributed by atoms with E-state index in [0.29, 0.717) is 6.42 Å². The van der Waals surface area contributed by atoms with E-state index >= 15 is 0 Å². The van der Waals surface area contributed by atoms with Crippen molar-refractivity contribution >= 4 is 11.8 Å². The molecule has 0 spiro atoms. The Bertz CT molecular complexity index is 327. The second-order valence-electron chi connectivity index (χ2n) is 3.24. The number of hydrogen-bond acceptors (Lipinski definition) is 2. The highest BCUT2D eigenvalue weighted by Crippen LogP contribution is 2.22. The van der Waals surface area contributed by atoms with Crippen LogP contribution in [0.25, 0.3) is 0 Å². The third kappa shape index (κ3) is 3.45. The van der Waals surface area contributed by atoms with Crippen molar-refractivity contribution in [3.8, 4) is 12.3 Å². The number of benzene rings is 1. The maximum atomic E-state index is 5.82. The van der Waals surface area contributed by atoms with Gasteiger partial charge in [-0.05, 0) is 18.6 Å². The second-order valence-corrected chi connectivity index (χ2v) is 4.31. The fraction of sp³-hybridized carbons (Fsp3) is 0.333. The van der Waals surface area contributed by atoms with Crippen LogP contribution in [-0.2, 0) is 0 Å². The van der Waals surface area contributed by atoms with Gasteiger partial charge >= 0.3 is 0 Å². The lowest BCUT2D eigenvalue weighted by atomic mass is 10.2. The number of nitrogens with two attached hydrogens (primary N) is 1. The van der Waals surface area contributed by atoms with E-state index in [0.717, 1.165) is 5.75 Å². The molecule has 0 aliphatic carbocycles. The first kappa shape index (κ1) is 11.2. The van der Waals surface area contributed by atoms with Gasteiger partial charge in [0, 0.05) is 23.1 Å². The molecular formula is C12H15NS. The minimum atomic E-state index is 0.101. The largest absolute Gasteiger partial charge is 0.326 e. The summed E-state index contributed by atoms with van der Waals surface area (Å²) in [4.78, 5) is 1.29.